The first-order valence-corrected chi connectivity index (χ1v) is 26.7. The van der Waals surface area contributed by atoms with Crippen LogP contribution in [0.3, 0.4) is 0 Å². The summed E-state index contributed by atoms with van der Waals surface area (Å²) in [5.41, 5.74) is 7.62. The highest BCUT2D eigenvalue weighted by Crippen LogP contribution is 2.32. The summed E-state index contributed by atoms with van der Waals surface area (Å²) in [5, 5.41) is 171. The number of rotatable bonds is 28. The zero-order chi connectivity index (χ0) is 60.7. The second-order valence-electron chi connectivity index (χ2n) is 20.6. The number of carbonyl (C=O) groups is 2. The Kier molecular flexibility index (Phi) is 31.7. The minimum absolute atomic E-state index is 0.399. The van der Waals surface area contributed by atoms with Gasteiger partial charge < -0.3 is 135 Å². The van der Waals surface area contributed by atoms with E-state index < -0.39 is 211 Å². The van der Waals surface area contributed by atoms with Crippen molar-refractivity contribution in [1.29, 1.82) is 0 Å². The molecule has 0 aromatic carbocycles. The van der Waals surface area contributed by atoms with Crippen molar-refractivity contribution >= 4 is 12.0 Å². The SMILES string of the molecule is CCCC/C=C/[C@@H](O)[C@H](CO[C@@H]1OC(CO)[C@@H](O[C@@H]2OC(CO)[C@H](O)[C@H](O)C2O)[C@H](O)C1O)NC(=O)CN=[N+]=[N-].CCCC/C=C/[C@@H](O)[C@H](CO[C@@H]1OC(CO)[C@@H](O[C@@H]2OC(CO)[C@H](O)[C@H](O)C2O)[C@H](O)C1O)NC(=O)OC(C)(C)C. The van der Waals surface area contributed by atoms with Gasteiger partial charge in [0.15, 0.2) is 25.2 Å². The molecule has 4 aliphatic heterocycles. The Bertz CT molecular complexity index is 1910. The van der Waals surface area contributed by atoms with Crippen LogP contribution in [0.2, 0.25) is 0 Å². The molecular weight excluding hydrogens is 1090 g/mol. The summed E-state index contributed by atoms with van der Waals surface area (Å²) >= 11 is 0. The number of azide groups is 1. The number of amides is 2. The van der Waals surface area contributed by atoms with Gasteiger partial charge in [-0.25, -0.2) is 4.79 Å². The van der Waals surface area contributed by atoms with Gasteiger partial charge in [-0.2, -0.15) is 0 Å². The number of allylic oxidation sites excluding steroid dienone is 2. The van der Waals surface area contributed by atoms with Crippen LogP contribution in [0.5, 0.6) is 0 Å². The van der Waals surface area contributed by atoms with E-state index in [1.165, 1.54) is 12.2 Å². The van der Waals surface area contributed by atoms with Gasteiger partial charge in [0.25, 0.3) is 0 Å². The predicted octanol–water partition coefficient (Wildman–Crippen LogP) is -5.84. The van der Waals surface area contributed by atoms with Crippen molar-refractivity contribution in [3.05, 3.63) is 34.7 Å². The lowest BCUT2D eigenvalue weighted by molar-refractivity contribution is -0.359. The molecule has 81 heavy (non-hydrogen) atoms. The van der Waals surface area contributed by atoms with Crippen LogP contribution in [-0.2, 0) is 47.4 Å². The molecule has 32 nitrogen and oxygen atoms in total. The summed E-state index contributed by atoms with van der Waals surface area (Å²) in [7, 11) is 0. The Labute approximate surface area is 467 Å². The maximum atomic E-state index is 12.4. The Hall–Kier alpha value is -3.43. The van der Waals surface area contributed by atoms with Crippen molar-refractivity contribution in [3.63, 3.8) is 0 Å². The van der Waals surface area contributed by atoms with Crippen LogP contribution in [0.4, 0.5) is 4.79 Å². The summed E-state index contributed by atoms with van der Waals surface area (Å²) in [6.45, 7) is 4.72. The van der Waals surface area contributed by atoms with Crippen molar-refractivity contribution in [2.75, 3.05) is 46.2 Å². The van der Waals surface area contributed by atoms with Crippen molar-refractivity contribution in [2.45, 2.75) is 226 Å². The number of aliphatic hydroxyl groups excluding tert-OH is 16. The van der Waals surface area contributed by atoms with Crippen molar-refractivity contribution in [3.8, 4) is 0 Å². The molecule has 0 radical (unpaired) electrons. The first-order chi connectivity index (χ1) is 38.3. The van der Waals surface area contributed by atoms with Crippen molar-refractivity contribution in [2.24, 2.45) is 5.11 Å². The molecular formula is C49H87N5O27. The van der Waals surface area contributed by atoms with Crippen molar-refractivity contribution in [1.82, 2.24) is 10.6 Å². The summed E-state index contributed by atoms with van der Waals surface area (Å²) in [6, 6.07) is -2.13. The summed E-state index contributed by atoms with van der Waals surface area (Å²) in [4.78, 5) is 27.0. The first-order valence-electron chi connectivity index (χ1n) is 26.7. The number of nitrogens with one attached hydrogen (secondary N) is 2. The van der Waals surface area contributed by atoms with E-state index in [-0.39, 0.29) is 0 Å². The minimum Gasteiger partial charge on any atom is -0.444 e. The fourth-order valence-corrected chi connectivity index (χ4v) is 8.43. The zero-order valence-electron chi connectivity index (χ0n) is 45.8. The minimum atomic E-state index is -1.81. The molecule has 0 saturated carbocycles. The van der Waals surface area contributed by atoms with Crippen LogP contribution in [0.25, 0.3) is 10.4 Å². The maximum Gasteiger partial charge on any atom is 0.408 e. The Morgan fingerprint density at radius 2 is 0.938 bits per heavy atom. The third kappa shape index (κ3) is 21.9. The predicted molar refractivity (Wildman–Crippen MR) is 273 cm³/mol. The number of hydrogen-bond acceptors (Lipinski definition) is 28. The molecule has 470 valence electrons. The van der Waals surface area contributed by atoms with E-state index in [1.54, 1.807) is 32.9 Å². The second kappa shape index (κ2) is 35.8. The summed E-state index contributed by atoms with van der Waals surface area (Å²) in [5.74, 6) is -0.709. The topological polar surface area (TPSA) is 514 Å². The molecule has 0 aromatic rings. The average Bonchev–Trinajstić information content (AvgIpc) is 3.55. The van der Waals surface area contributed by atoms with Crippen LogP contribution in [0.1, 0.15) is 73.1 Å². The van der Waals surface area contributed by atoms with Crippen LogP contribution in [0.15, 0.2) is 29.4 Å². The molecule has 4 heterocycles. The molecule has 18 N–H and O–H groups in total. The first kappa shape index (κ1) is 71.8. The van der Waals surface area contributed by atoms with Crippen LogP contribution >= 0.6 is 0 Å². The summed E-state index contributed by atoms with van der Waals surface area (Å²) < 4.78 is 49.1. The largest absolute Gasteiger partial charge is 0.444 e. The van der Waals surface area contributed by atoms with E-state index in [4.69, 9.17) is 48.2 Å². The van der Waals surface area contributed by atoms with Gasteiger partial charge in [0, 0.05) is 4.91 Å². The average molecular weight is 1180 g/mol. The van der Waals surface area contributed by atoms with E-state index in [0.717, 1.165) is 25.7 Å². The molecule has 4 saturated heterocycles. The number of alkyl carbamates (subject to hydrolysis) is 1. The Morgan fingerprint density at radius 1 is 0.568 bits per heavy atom. The van der Waals surface area contributed by atoms with Crippen molar-refractivity contribution < 1.29 is 134 Å². The smallest absolute Gasteiger partial charge is 0.408 e. The number of aliphatic hydroxyl groups is 16. The van der Waals surface area contributed by atoms with Gasteiger partial charge in [-0.1, -0.05) is 68.9 Å². The van der Waals surface area contributed by atoms with E-state index in [0.29, 0.717) is 12.8 Å². The molecule has 8 unspecified atom stereocenters. The molecule has 0 bridgehead atoms. The highest BCUT2D eigenvalue weighted by atomic mass is 16.8. The van der Waals surface area contributed by atoms with Crippen LogP contribution in [0, 0.1) is 0 Å². The summed E-state index contributed by atoms with van der Waals surface area (Å²) in [6.07, 6.45) is -24.1. The van der Waals surface area contributed by atoms with E-state index >= 15 is 0 Å². The zero-order valence-corrected chi connectivity index (χ0v) is 45.8. The third-order valence-electron chi connectivity index (χ3n) is 13.1. The fraction of sp³-hybridized carbons (Fsp3) is 0.878. The maximum absolute atomic E-state index is 12.4. The number of unbranched alkanes of at least 4 members (excludes halogenated alkanes) is 4. The molecule has 2 amide bonds. The van der Waals surface area contributed by atoms with Gasteiger partial charge in [-0.3, -0.25) is 4.79 Å². The standard InChI is InChI=1S/C26H47NO14.C23H40N4O13/c1-5-6-7-8-9-14(30)13(27-25(36)41-26(2,3)4)12-37-23-21(35)19(33)22(16(11-29)39-23)40-24-20(34)18(32)17(31)15(10-28)38-24;1-2-3-4-5-6-12(30)11(26-15(31)7-25-27-24)10-37-22-20(36)18(34)21(14(9-29)39-22)40-23-19(35)17(33)16(32)13(8-28)38-23/h8-9,13-24,28-35H,5-7,10-12H2,1-4H3,(H,27,36);5-6,11-14,16-23,28-30,32-36H,2-4,7-10H2,1H3,(H,26,31)/b9-8+;6-5+/t13-,14+,15?,16?,17-,18-,19+,20?,21?,22+,23+,24-;11-,12+,13?,14?,16-,17-,18+,19?,20?,21+,22+,23-/m00/s1. The van der Waals surface area contributed by atoms with Crippen LogP contribution < -0.4 is 10.6 Å². The molecule has 4 fully saturated rings. The lowest BCUT2D eigenvalue weighted by atomic mass is 9.97. The lowest BCUT2D eigenvalue weighted by Crippen LogP contribution is -2.65. The highest BCUT2D eigenvalue weighted by molar-refractivity contribution is 5.78. The normalized spacial score (nSPS) is 36.2. The second-order valence-corrected chi connectivity index (χ2v) is 20.6. The number of carbonyl (C=O) groups excluding carboxylic acids is 2. The molecule has 0 spiro atoms. The quantitative estimate of drug-likeness (QED) is 0.0114. The fourth-order valence-electron chi connectivity index (χ4n) is 8.43. The van der Waals surface area contributed by atoms with E-state index in [1.807, 2.05) is 13.8 Å². The molecule has 0 aromatic heterocycles. The Balaban J connectivity index is 0.000000425. The molecule has 4 rings (SSSR count). The molecule has 32 heteroatoms. The van der Waals surface area contributed by atoms with Gasteiger partial charge in [0.05, 0.1) is 63.9 Å². The van der Waals surface area contributed by atoms with Gasteiger partial charge in [-0.15, -0.1) is 0 Å². The lowest BCUT2D eigenvalue weighted by Gasteiger charge is -2.46. The number of hydrogen-bond donors (Lipinski definition) is 18. The third-order valence-corrected chi connectivity index (χ3v) is 13.1. The number of ether oxygens (including phenoxy) is 9. The van der Waals surface area contributed by atoms with Gasteiger partial charge >= 0.3 is 6.09 Å². The molecule has 0 aliphatic carbocycles. The number of nitrogens with zero attached hydrogens (tertiary/aromatic N) is 3. The van der Waals surface area contributed by atoms with Gasteiger partial charge in [-0.05, 0) is 39.1 Å². The molecule has 24 atom stereocenters. The van der Waals surface area contributed by atoms with E-state index in [9.17, 15) is 91.3 Å². The Morgan fingerprint density at radius 3 is 1.30 bits per heavy atom. The van der Waals surface area contributed by atoms with Gasteiger partial charge in [0.2, 0.25) is 5.91 Å². The molecule has 4 aliphatic rings. The monoisotopic (exact) mass is 1180 g/mol. The highest BCUT2D eigenvalue weighted by Gasteiger charge is 2.53. The van der Waals surface area contributed by atoms with Crippen LogP contribution in [-0.4, -0.2) is 293 Å². The van der Waals surface area contributed by atoms with E-state index in [2.05, 4.69) is 20.7 Å². The van der Waals surface area contributed by atoms with Gasteiger partial charge in [0.1, 0.15) is 110 Å².